The predicted molar refractivity (Wildman–Crippen MR) is 67.3 cm³/mol. The highest BCUT2D eigenvalue weighted by Gasteiger charge is 2.42. The van der Waals surface area contributed by atoms with Crippen LogP contribution in [0.25, 0.3) is 0 Å². The van der Waals surface area contributed by atoms with E-state index in [1.54, 1.807) is 12.4 Å². The summed E-state index contributed by atoms with van der Waals surface area (Å²) in [6.45, 7) is 5.60. The smallest absolute Gasteiger partial charge is 0.255 e. The summed E-state index contributed by atoms with van der Waals surface area (Å²) in [5, 5.41) is 0. The quantitative estimate of drug-likeness (QED) is 0.756. The van der Waals surface area contributed by atoms with Crippen molar-refractivity contribution < 1.29 is 9.53 Å². The van der Waals surface area contributed by atoms with E-state index in [-0.39, 0.29) is 12.0 Å². The Morgan fingerprint density at radius 2 is 2.28 bits per heavy atom. The van der Waals surface area contributed by atoms with Crippen LogP contribution in [-0.4, -0.2) is 41.1 Å². The SMILES string of the molecule is Cc1cncc(C(=O)N2C[C@H]3C[C@H](C)O[C@H]3C2)c1. The number of aryl methyl sites for hydroxylation is 1. The fourth-order valence-corrected chi connectivity index (χ4v) is 3.02. The molecule has 2 saturated heterocycles. The zero-order chi connectivity index (χ0) is 12.7. The number of carbonyl (C=O) groups is 1. The van der Waals surface area contributed by atoms with Crippen LogP contribution in [0.15, 0.2) is 18.5 Å². The molecule has 2 aliphatic heterocycles. The van der Waals surface area contributed by atoms with Crippen molar-refractivity contribution in [1.29, 1.82) is 0 Å². The van der Waals surface area contributed by atoms with E-state index in [9.17, 15) is 4.79 Å². The van der Waals surface area contributed by atoms with Gasteiger partial charge in [-0.05, 0) is 31.9 Å². The van der Waals surface area contributed by atoms with Crippen LogP contribution in [-0.2, 0) is 4.74 Å². The third kappa shape index (κ3) is 2.01. The van der Waals surface area contributed by atoms with E-state index < -0.39 is 0 Å². The molecule has 3 heterocycles. The van der Waals surface area contributed by atoms with Crippen molar-refractivity contribution in [3.05, 3.63) is 29.6 Å². The molecule has 2 aliphatic rings. The number of ether oxygens (including phenoxy) is 1. The van der Waals surface area contributed by atoms with Crippen molar-refractivity contribution >= 4 is 5.91 Å². The highest BCUT2D eigenvalue weighted by atomic mass is 16.5. The van der Waals surface area contributed by atoms with E-state index in [2.05, 4.69) is 11.9 Å². The molecular weight excluding hydrogens is 228 g/mol. The molecule has 0 bridgehead atoms. The number of likely N-dealkylation sites (tertiary alicyclic amines) is 1. The van der Waals surface area contributed by atoms with Gasteiger partial charge in [0.05, 0.1) is 17.8 Å². The lowest BCUT2D eigenvalue weighted by atomic mass is 10.0. The lowest BCUT2D eigenvalue weighted by Gasteiger charge is -2.18. The number of rotatable bonds is 1. The molecule has 1 amide bonds. The van der Waals surface area contributed by atoms with Crippen LogP contribution in [0.3, 0.4) is 0 Å². The first kappa shape index (κ1) is 11.7. The minimum atomic E-state index is 0.0804. The second kappa shape index (κ2) is 4.35. The molecule has 0 spiro atoms. The summed E-state index contributed by atoms with van der Waals surface area (Å²) in [5.41, 5.74) is 1.70. The largest absolute Gasteiger partial charge is 0.373 e. The predicted octanol–water partition coefficient (Wildman–Crippen LogP) is 1.64. The summed E-state index contributed by atoms with van der Waals surface area (Å²) in [6.07, 6.45) is 5.06. The molecule has 4 nitrogen and oxygen atoms in total. The second-order valence-corrected chi connectivity index (χ2v) is 5.44. The summed E-state index contributed by atoms with van der Waals surface area (Å²) in [6, 6.07) is 1.90. The number of carbonyl (C=O) groups excluding carboxylic acids is 1. The van der Waals surface area contributed by atoms with E-state index in [1.165, 1.54) is 0 Å². The number of nitrogens with zero attached hydrogens (tertiary/aromatic N) is 2. The number of amides is 1. The van der Waals surface area contributed by atoms with E-state index in [1.807, 2.05) is 17.9 Å². The normalized spacial score (nSPS) is 30.6. The van der Waals surface area contributed by atoms with Crippen LogP contribution in [0.5, 0.6) is 0 Å². The maximum absolute atomic E-state index is 12.3. The number of hydrogen-bond acceptors (Lipinski definition) is 3. The standard InChI is InChI=1S/C14H18N2O2/c1-9-3-11(6-15-5-9)14(17)16-7-12-4-10(2)18-13(12)8-16/h3,5-6,10,12-13H,4,7-8H2,1-2H3/t10-,12+,13-/m0/s1. The molecule has 3 atom stereocenters. The van der Waals surface area contributed by atoms with Gasteiger partial charge in [-0.15, -0.1) is 0 Å². The highest BCUT2D eigenvalue weighted by Crippen LogP contribution is 2.33. The van der Waals surface area contributed by atoms with Crippen molar-refractivity contribution in [3.63, 3.8) is 0 Å². The molecule has 0 aliphatic carbocycles. The molecule has 1 aromatic heterocycles. The van der Waals surface area contributed by atoms with Gasteiger partial charge in [-0.3, -0.25) is 9.78 Å². The molecular formula is C14H18N2O2. The van der Waals surface area contributed by atoms with Gasteiger partial charge in [0.25, 0.3) is 5.91 Å². The zero-order valence-corrected chi connectivity index (χ0v) is 10.8. The van der Waals surface area contributed by atoms with Crippen LogP contribution in [0.1, 0.15) is 29.3 Å². The summed E-state index contributed by atoms with van der Waals surface area (Å²) < 4.78 is 5.82. The van der Waals surface area contributed by atoms with E-state index in [0.29, 0.717) is 17.6 Å². The molecule has 0 saturated carbocycles. The Labute approximate surface area is 107 Å². The Hall–Kier alpha value is -1.42. The van der Waals surface area contributed by atoms with Gasteiger partial charge < -0.3 is 9.64 Å². The first-order valence-electron chi connectivity index (χ1n) is 6.50. The first-order valence-corrected chi connectivity index (χ1v) is 6.50. The number of aromatic nitrogens is 1. The van der Waals surface area contributed by atoms with Gasteiger partial charge in [0.2, 0.25) is 0 Å². The Morgan fingerprint density at radius 3 is 3.00 bits per heavy atom. The van der Waals surface area contributed by atoms with E-state index in [0.717, 1.165) is 25.1 Å². The minimum absolute atomic E-state index is 0.0804. The van der Waals surface area contributed by atoms with Crippen LogP contribution >= 0.6 is 0 Å². The third-order valence-corrected chi connectivity index (χ3v) is 3.83. The molecule has 18 heavy (non-hydrogen) atoms. The fourth-order valence-electron chi connectivity index (χ4n) is 3.02. The molecule has 96 valence electrons. The van der Waals surface area contributed by atoms with Crippen molar-refractivity contribution in [2.75, 3.05) is 13.1 Å². The van der Waals surface area contributed by atoms with E-state index in [4.69, 9.17) is 4.74 Å². The Morgan fingerprint density at radius 1 is 1.44 bits per heavy atom. The third-order valence-electron chi connectivity index (χ3n) is 3.83. The summed E-state index contributed by atoms with van der Waals surface area (Å²) in [7, 11) is 0. The molecule has 3 rings (SSSR count). The lowest BCUT2D eigenvalue weighted by Crippen LogP contribution is -2.31. The molecule has 1 aromatic rings. The van der Waals surface area contributed by atoms with Crippen LogP contribution in [0, 0.1) is 12.8 Å². The number of hydrogen-bond donors (Lipinski definition) is 0. The lowest BCUT2D eigenvalue weighted by molar-refractivity contribution is 0.0443. The van der Waals surface area contributed by atoms with Crippen LogP contribution in [0.2, 0.25) is 0 Å². The van der Waals surface area contributed by atoms with Gasteiger partial charge in [-0.1, -0.05) is 0 Å². The highest BCUT2D eigenvalue weighted by molar-refractivity contribution is 5.94. The molecule has 0 N–H and O–H groups in total. The molecule has 0 unspecified atom stereocenters. The first-order chi connectivity index (χ1) is 8.63. The van der Waals surface area contributed by atoms with Gasteiger partial charge in [-0.25, -0.2) is 0 Å². The number of fused-ring (bicyclic) bond motifs is 1. The summed E-state index contributed by atoms with van der Waals surface area (Å²) in [5.74, 6) is 0.596. The van der Waals surface area contributed by atoms with Gasteiger partial charge in [0.15, 0.2) is 0 Å². The topological polar surface area (TPSA) is 42.4 Å². The second-order valence-electron chi connectivity index (χ2n) is 5.44. The van der Waals surface area contributed by atoms with Crippen LogP contribution < -0.4 is 0 Å². The molecule has 0 radical (unpaired) electrons. The molecule has 2 fully saturated rings. The average Bonchev–Trinajstić information content (AvgIpc) is 2.85. The zero-order valence-electron chi connectivity index (χ0n) is 10.8. The fraction of sp³-hybridized carbons (Fsp3) is 0.571. The number of pyridine rings is 1. The van der Waals surface area contributed by atoms with Crippen molar-refractivity contribution in [3.8, 4) is 0 Å². The van der Waals surface area contributed by atoms with Crippen molar-refractivity contribution in [1.82, 2.24) is 9.88 Å². The molecule has 0 aromatic carbocycles. The monoisotopic (exact) mass is 246 g/mol. The Balaban J connectivity index is 1.72. The minimum Gasteiger partial charge on any atom is -0.373 e. The van der Waals surface area contributed by atoms with Gasteiger partial charge in [-0.2, -0.15) is 0 Å². The summed E-state index contributed by atoms with van der Waals surface area (Å²) in [4.78, 5) is 18.3. The van der Waals surface area contributed by atoms with Gasteiger partial charge in [0.1, 0.15) is 0 Å². The van der Waals surface area contributed by atoms with Crippen molar-refractivity contribution in [2.24, 2.45) is 5.92 Å². The average molecular weight is 246 g/mol. The van der Waals surface area contributed by atoms with Crippen molar-refractivity contribution in [2.45, 2.75) is 32.5 Å². The molecule has 4 heteroatoms. The summed E-state index contributed by atoms with van der Waals surface area (Å²) >= 11 is 0. The Bertz CT molecular complexity index is 461. The van der Waals surface area contributed by atoms with E-state index >= 15 is 0 Å². The Kier molecular flexibility index (Phi) is 2.82. The maximum Gasteiger partial charge on any atom is 0.255 e. The van der Waals surface area contributed by atoms with Gasteiger partial charge in [0, 0.05) is 31.4 Å². The maximum atomic E-state index is 12.3. The van der Waals surface area contributed by atoms with Crippen LogP contribution in [0.4, 0.5) is 0 Å². The van der Waals surface area contributed by atoms with Gasteiger partial charge >= 0.3 is 0 Å².